The standard InChI is InChI=1S/C16H17N3O6/c1-4-7-18-14(21)15(22)19(16(18)23)9-13(20)17-10-5-6-11(24-2)12(8-10)25-3/h4-6,8H,1,7,9H2,2-3H3,(H,17,20). The van der Waals surface area contributed by atoms with Gasteiger partial charge >= 0.3 is 17.8 Å². The van der Waals surface area contributed by atoms with Crippen molar-refractivity contribution >= 4 is 29.4 Å². The van der Waals surface area contributed by atoms with Crippen LogP contribution in [-0.4, -0.2) is 60.9 Å². The van der Waals surface area contributed by atoms with Crippen molar-refractivity contribution in [2.24, 2.45) is 0 Å². The largest absolute Gasteiger partial charge is 0.493 e. The Balaban J connectivity index is 2.07. The SMILES string of the molecule is C=CCN1C(=O)C(=O)N(CC(=O)Nc2ccc(OC)c(OC)c2)C1=O. The van der Waals surface area contributed by atoms with E-state index in [9.17, 15) is 19.2 Å². The Morgan fingerprint density at radius 3 is 2.36 bits per heavy atom. The van der Waals surface area contributed by atoms with Crippen LogP contribution in [0.1, 0.15) is 0 Å². The molecular weight excluding hydrogens is 330 g/mol. The zero-order valence-electron chi connectivity index (χ0n) is 13.8. The summed E-state index contributed by atoms with van der Waals surface area (Å²) in [6.07, 6.45) is 1.32. The minimum Gasteiger partial charge on any atom is -0.493 e. The zero-order chi connectivity index (χ0) is 18.6. The highest BCUT2D eigenvalue weighted by atomic mass is 16.5. The first-order chi connectivity index (χ1) is 11.9. The maximum absolute atomic E-state index is 12.1. The Morgan fingerprint density at radius 2 is 1.76 bits per heavy atom. The van der Waals surface area contributed by atoms with Gasteiger partial charge in [0.25, 0.3) is 0 Å². The molecule has 1 N–H and O–H groups in total. The third kappa shape index (κ3) is 3.60. The third-order valence-corrected chi connectivity index (χ3v) is 3.42. The van der Waals surface area contributed by atoms with E-state index in [4.69, 9.17) is 9.47 Å². The number of nitrogens with one attached hydrogen (secondary N) is 1. The van der Waals surface area contributed by atoms with E-state index in [0.29, 0.717) is 22.1 Å². The molecule has 1 aliphatic rings. The fourth-order valence-corrected chi connectivity index (χ4v) is 2.24. The van der Waals surface area contributed by atoms with Crippen LogP contribution in [0, 0.1) is 0 Å². The number of anilines is 1. The highest BCUT2D eigenvalue weighted by Crippen LogP contribution is 2.29. The fourth-order valence-electron chi connectivity index (χ4n) is 2.24. The summed E-state index contributed by atoms with van der Waals surface area (Å²) in [7, 11) is 2.93. The van der Waals surface area contributed by atoms with Gasteiger partial charge < -0.3 is 14.8 Å². The number of amides is 5. The molecule has 9 heteroatoms. The number of carbonyl (C=O) groups is 4. The Labute approximate surface area is 143 Å². The molecule has 5 amide bonds. The molecule has 1 aromatic rings. The van der Waals surface area contributed by atoms with Crippen molar-refractivity contribution in [2.75, 3.05) is 32.6 Å². The molecule has 1 aromatic carbocycles. The summed E-state index contributed by atoms with van der Waals surface area (Å²) in [5.41, 5.74) is 0.385. The molecule has 1 aliphatic heterocycles. The second-order valence-electron chi connectivity index (χ2n) is 5.00. The van der Waals surface area contributed by atoms with E-state index in [1.165, 1.54) is 26.4 Å². The first-order valence-electron chi connectivity index (χ1n) is 7.23. The van der Waals surface area contributed by atoms with Crippen molar-refractivity contribution in [2.45, 2.75) is 0 Å². The molecule has 1 heterocycles. The second kappa shape index (κ2) is 7.47. The van der Waals surface area contributed by atoms with Crippen molar-refractivity contribution in [3.63, 3.8) is 0 Å². The normalized spacial score (nSPS) is 13.9. The zero-order valence-corrected chi connectivity index (χ0v) is 13.8. The second-order valence-corrected chi connectivity index (χ2v) is 5.00. The predicted octanol–water partition coefficient (Wildman–Crippen LogP) is 0.619. The van der Waals surface area contributed by atoms with E-state index in [2.05, 4.69) is 11.9 Å². The van der Waals surface area contributed by atoms with Crippen LogP contribution >= 0.6 is 0 Å². The van der Waals surface area contributed by atoms with Gasteiger partial charge in [0.1, 0.15) is 6.54 Å². The van der Waals surface area contributed by atoms with Crippen LogP contribution in [0.4, 0.5) is 10.5 Å². The maximum atomic E-state index is 12.1. The highest BCUT2D eigenvalue weighted by Gasteiger charge is 2.44. The molecule has 0 bridgehead atoms. The Morgan fingerprint density at radius 1 is 1.12 bits per heavy atom. The summed E-state index contributed by atoms with van der Waals surface area (Å²) in [5, 5.41) is 2.53. The molecule has 132 valence electrons. The average molecular weight is 347 g/mol. The van der Waals surface area contributed by atoms with Crippen molar-refractivity contribution in [3.8, 4) is 11.5 Å². The van der Waals surface area contributed by atoms with E-state index < -0.39 is 30.3 Å². The van der Waals surface area contributed by atoms with Crippen LogP contribution in [0.2, 0.25) is 0 Å². The lowest BCUT2D eigenvalue weighted by atomic mass is 10.2. The van der Waals surface area contributed by atoms with Gasteiger partial charge in [-0.1, -0.05) is 6.08 Å². The van der Waals surface area contributed by atoms with Gasteiger partial charge in [0.15, 0.2) is 11.5 Å². The number of carbonyl (C=O) groups excluding carboxylic acids is 4. The van der Waals surface area contributed by atoms with Crippen molar-refractivity contribution in [1.82, 2.24) is 9.80 Å². The molecule has 0 atom stereocenters. The van der Waals surface area contributed by atoms with Crippen LogP contribution in [0.25, 0.3) is 0 Å². The molecule has 0 aromatic heterocycles. The molecule has 0 aliphatic carbocycles. The predicted molar refractivity (Wildman–Crippen MR) is 87.2 cm³/mol. The summed E-state index contributed by atoms with van der Waals surface area (Å²) in [6, 6.07) is 3.84. The van der Waals surface area contributed by atoms with Gasteiger partial charge in [0.2, 0.25) is 5.91 Å². The highest BCUT2D eigenvalue weighted by molar-refractivity contribution is 6.45. The van der Waals surface area contributed by atoms with E-state index in [1.807, 2.05) is 0 Å². The summed E-state index contributed by atoms with van der Waals surface area (Å²) < 4.78 is 10.2. The third-order valence-electron chi connectivity index (χ3n) is 3.42. The number of rotatable bonds is 7. The van der Waals surface area contributed by atoms with Gasteiger partial charge in [0.05, 0.1) is 14.2 Å². The van der Waals surface area contributed by atoms with Crippen molar-refractivity contribution in [1.29, 1.82) is 0 Å². The number of benzene rings is 1. The fraction of sp³-hybridized carbons (Fsp3) is 0.250. The lowest BCUT2D eigenvalue weighted by molar-refractivity contribution is -0.143. The minimum atomic E-state index is -1.05. The smallest absolute Gasteiger partial charge is 0.335 e. The Bertz CT molecular complexity index is 745. The molecular formula is C16H17N3O6. The van der Waals surface area contributed by atoms with Crippen molar-refractivity contribution in [3.05, 3.63) is 30.9 Å². The van der Waals surface area contributed by atoms with Crippen LogP contribution in [-0.2, 0) is 14.4 Å². The van der Waals surface area contributed by atoms with E-state index >= 15 is 0 Å². The van der Waals surface area contributed by atoms with Gasteiger partial charge in [-0.15, -0.1) is 6.58 Å². The number of hydrogen-bond donors (Lipinski definition) is 1. The quantitative estimate of drug-likeness (QED) is 0.440. The maximum Gasteiger partial charge on any atom is 0.335 e. The Hall–Kier alpha value is -3.36. The van der Waals surface area contributed by atoms with Crippen LogP contribution in [0.3, 0.4) is 0 Å². The first-order valence-corrected chi connectivity index (χ1v) is 7.23. The average Bonchev–Trinajstić information content (AvgIpc) is 2.80. The lowest BCUT2D eigenvalue weighted by Crippen LogP contribution is -2.39. The number of nitrogens with zero attached hydrogens (tertiary/aromatic N) is 2. The molecule has 9 nitrogen and oxygen atoms in total. The number of imide groups is 2. The van der Waals surface area contributed by atoms with Gasteiger partial charge in [-0.25, -0.2) is 9.69 Å². The van der Waals surface area contributed by atoms with Gasteiger partial charge in [-0.05, 0) is 12.1 Å². The van der Waals surface area contributed by atoms with E-state index in [0.717, 1.165) is 4.90 Å². The first kappa shape index (κ1) is 18.0. The lowest BCUT2D eigenvalue weighted by Gasteiger charge is -2.15. The summed E-state index contributed by atoms with van der Waals surface area (Å²) >= 11 is 0. The molecule has 1 saturated heterocycles. The molecule has 25 heavy (non-hydrogen) atoms. The molecule has 0 unspecified atom stereocenters. The summed E-state index contributed by atoms with van der Waals surface area (Å²) in [5.74, 6) is -1.78. The number of urea groups is 1. The van der Waals surface area contributed by atoms with Gasteiger partial charge in [-0.2, -0.15) is 0 Å². The van der Waals surface area contributed by atoms with Crippen molar-refractivity contribution < 1.29 is 28.7 Å². The van der Waals surface area contributed by atoms with Gasteiger partial charge in [0, 0.05) is 18.3 Å². The topological polar surface area (TPSA) is 105 Å². The summed E-state index contributed by atoms with van der Waals surface area (Å²) in [6.45, 7) is 2.74. The molecule has 0 spiro atoms. The van der Waals surface area contributed by atoms with Crippen LogP contribution in [0.5, 0.6) is 11.5 Å². The van der Waals surface area contributed by atoms with Crippen LogP contribution < -0.4 is 14.8 Å². The van der Waals surface area contributed by atoms with Gasteiger partial charge in [-0.3, -0.25) is 19.3 Å². The van der Waals surface area contributed by atoms with E-state index in [-0.39, 0.29) is 6.54 Å². The summed E-state index contributed by atoms with van der Waals surface area (Å²) in [4.78, 5) is 49.0. The molecule has 1 fully saturated rings. The minimum absolute atomic E-state index is 0.1000. The monoisotopic (exact) mass is 347 g/mol. The Kier molecular flexibility index (Phi) is 5.38. The molecule has 0 radical (unpaired) electrons. The van der Waals surface area contributed by atoms with Crippen LogP contribution in [0.15, 0.2) is 30.9 Å². The number of ether oxygens (including phenoxy) is 2. The molecule has 2 rings (SSSR count). The molecule has 0 saturated carbocycles. The number of hydrogen-bond acceptors (Lipinski definition) is 6. The number of methoxy groups -OCH3 is 2. The van der Waals surface area contributed by atoms with E-state index in [1.54, 1.807) is 12.1 Å².